The largest absolute Gasteiger partial charge is 0.455 e. The summed E-state index contributed by atoms with van der Waals surface area (Å²) in [6, 6.07) is 10.1. The Labute approximate surface area is 89.7 Å². The maximum Gasteiger partial charge on any atom is 0.320 e. The Balaban J connectivity index is 2.24. The van der Waals surface area contributed by atoms with Gasteiger partial charge in [0.15, 0.2) is 0 Å². The fourth-order valence-corrected chi connectivity index (χ4v) is 1.85. The Hall–Kier alpha value is -1.35. The molecular weight excluding hydrogens is 190 g/mol. The molecule has 0 bridgehead atoms. The minimum Gasteiger partial charge on any atom is -0.455 e. The molecular formula is C12H15NO2. The minimum atomic E-state index is -0.149. The average molecular weight is 205 g/mol. The number of carbonyl (C=O) groups excluding carboxylic acids is 1. The van der Waals surface area contributed by atoms with Crippen molar-refractivity contribution in [2.24, 2.45) is 0 Å². The number of carbonyl (C=O) groups is 1. The third-order valence-electron chi connectivity index (χ3n) is 2.90. The smallest absolute Gasteiger partial charge is 0.320 e. The molecule has 1 aromatic carbocycles. The van der Waals surface area contributed by atoms with Crippen molar-refractivity contribution in [3.05, 3.63) is 35.9 Å². The zero-order valence-corrected chi connectivity index (χ0v) is 9.01. The van der Waals surface area contributed by atoms with Gasteiger partial charge in [-0.1, -0.05) is 30.3 Å². The summed E-state index contributed by atoms with van der Waals surface area (Å²) in [6.45, 7) is 2.45. The molecule has 2 unspecified atom stereocenters. The highest BCUT2D eigenvalue weighted by Crippen LogP contribution is 2.27. The molecule has 0 aromatic heterocycles. The number of benzene rings is 1. The second-order valence-corrected chi connectivity index (χ2v) is 3.98. The summed E-state index contributed by atoms with van der Waals surface area (Å²) in [5.74, 6) is -0.149. The van der Waals surface area contributed by atoms with Crippen molar-refractivity contribution in [3.63, 3.8) is 0 Å². The monoisotopic (exact) mass is 205 g/mol. The molecule has 0 radical (unpaired) electrons. The Bertz CT molecular complexity index is 350. The lowest BCUT2D eigenvalue weighted by molar-refractivity contribution is -0.163. The van der Waals surface area contributed by atoms with Gasteiger partial charge in [0, 0.05) is 6.04 Å². The quantitative estimate of drug-likeness (QED) is 0.652. The SMILES string of the molecule is CC1C(c2ccccc2)OC(=O)CN1C. The molecule has 0 aliphatic carbocycles. The van der Waals surface area contributed by atoms with E-state index in [2.05, 4.69) is 6.92 Å². The van der Waals surface area contributed by atoms with Crippen LogP contribution in [0.2, 0.25) is 0 Å². The van der Waals surface area contributed by atoms with Crippen LogP contribution in [0, 0.1) is 0 Å². The lowest BCUT2D eigenvalue weighted by atomic mass is 10.0. The number of ether oxygens (including phenoxy) is 1. The van der Waals surface area contributed by atoms with E-state index in [-0.39, 0.29) is 18.1 Å². The summed E-state index contributed by atoms with van der Waals surface area (Å²) >= 11 is 0. The van der Waals surface area contributed by atoms with E-state index >= 15 is 0 Å². The van der Waals surface area contributed by atoms with Gasteiger partial charge in [0.2, 0.25) is 0 Å². The molecule has 1 saturated heterocycles. The van der Waals surface area contributed by atoms with Crippen LogP contribution in [0.25, 0.3) is 0 Å². The van der Waals surface area contributed by atoms with Crippen molar-refractivity contribution in [3.8, 4) is 0 Å². The van der Waals surface area contributed by atoms with Crippen molar-refractivity contribution in [2.75, 3.05) is 13.6 Å². The maximum absolute atomic E-state index is 11.3. The van der Waals surface area contributed by atoms with Gasteiger partial charge in [-0.15, -0.1) is 0 Å². The molecule has 1 aliphatic heterocycles. The lowest BCUT2D eigenvalue weighted by Gasteiger charge is -2.36. The van der Waals surface area contributed by atoms with Crippen LogP contribution in [-0.4, -0.2) is 30.5 Å². The van der Waals surface area contributed by atoms with Gasteiger partial charge in [0.1, 0.15) is 6.10 Å². The summed E-state index contributed by atoms with van der Waals surface area (Å²) in [6.07, 6.45) is -0.141. The summed E-state index contributed by atoms with van der Waals surface area (Å²) in [5, 5.41) is 0. The first-order chi connectivity index (χ1) is 7.18. The van der Waals surface area contributed by atoms with Crippen molar-refractivity contribution < 1.29 is 9.53 Å². The Morgan fingerprint density at radius 1 is 1.33 bits per heavy atom. The summed E-state index contributed by atoms with van der Waals surface area (Å²) < 4.78 is 5.37. The number of cyclic esters (lactones) is 1. The Kier molecular flexibility index (Phi) is 2.73. The molecule has 0 N–H and O–H groups in total. The molecule has 2 rings (SSSR count). The Morgan fingerprint density at radius 2 is 2.00 bits per heavy atom. The molecule has 1 aliphatic rings. The van der Waals surface area contributed by atoms with Crippen molar-refractivity contribution >= 4 is 5.97 Å². The van der Waals surface area contributed by atoms with E-state index in [9.17, 15) is 4.79 Å². The highest BCUT2D eigenvalue weighted by Gasteiger charge is 2.32. The first kappa shape index (κ1) is 10.2. The molecule has 80 valence electrons. The van der Waals surface area contributed by atoms with Gasteiger partial charge in [-0.05, 0) is 19.5 Å². The lowest BCUT2D eigenvalue weighted by Crippen LogP contribution is -2.45. The number of rotatable bonds is 1. The third-order valence-corrected chi connectivity index (χ3v) is 2.90. The maximum atomic E-state index is 11.3. The van der Waals surface area contributed by atoms with E-state index in [1.165, 1.54) is 0 Å². The van der Waals surface area contributed by atoms with E-state index in [0.29, 0.717) is 6.54 Å². The standard InChI is InChI=1S/C12H15NO2/c1-9-12(10-6-4-3-5-7-10)15-11(14)8-13(9)2/h3-7,9,12H,8H2,1-2H3. The third kappa shape index (κ3) is 2.02. The van der Waals surface area contributed by atoms with Gasteiger partial charge < -0.3 is 4.74 Å². The Morgan fingerprint density at radius 3 is 2.67 bits per heavy atom. The van der Waals surface area contributed by atoms with E-state index in [1.807, 2.05) is 42.3 Å². The minimum absolute atomic E-state index is 0.141. The number of hydrogen-bond donors (Lipinski definition) is 0. The predicted molar refractivity (Wildman–Crippen MR) is 57.4 cm³/mol. The van der Waals surface area contributed by atoms with Gasteiger partial charge in [-0.25, -0.2) is 0 Å². The second kappa shape index (κ2) is 4.03. The normalized spacial score (nSPS) is 27.5. The van der Waals surface area contributed by atoms with Crippen LogP contribution in [0.4, 0.5) is 0 Å². The highest BCUT2D eigenvalue weighted by molar-refractivity contribution is 5.73. The molecule has 0 saturated carbocycles. The van der Waals surface area contributed by atoms with Gasteiger partial charge in [0.05, 0.1) is 6.54 Å². The number of morpholine rings is 1. The van der Waals surface area contributed by atoms with Crippen LogP contribution in [0.15, 0.2) is 30.3 Å². The van der Waals surface area contributed by atoms with E-state index in [4.69, 9.17) is 4.74 Å². The first-order valence-electron chi connectivity index (χ1n) is 5.13. The fourth-order valence-electron chi connectivity index (χ4n) is 1.85. The van der Waals surface area contributed by atoms with Crippen LogP contribution in [0.3, 0.4) is 0 Å². The van der Waals surface area contributed by atoms with Gasteiger partial charge >= 0.3 is 5.97 Å². The average Bonchev–Trinajstić information content (AvgIpc) is 2.24. The number of nitrogens with zero attached hydrogens (tertiary/aromatic N) is 1. The molecule has 0 amide bonds. The molecule has 2 atom stereocenters. The van der Waals surface area contributed by atoms with E-state index < -0.39 is 0 Å². The van der Waals surface area contributed by atoms with Gasteiger partial charge in [-0.2, -0.15) is 0 Å². The molecule has 1 fully saturated rings. The summed E-state index contributed by atoms with van der Waals surface area (Å²) in [7, 11) is 1.95. The van der Waals surface area contributed by atoms with Crippen LogP contribution in [-0.2, 0) is 9.53 Å². The number of likely N-dealkylation sites (N-methyl/N-ethyl adjacent to an activating group) is 1. The molecule has 15 heavy (non-hydrogen) atoms. The van der Waals surface area contributed by atoms with Crippen molar-refractivity contribution in [1.82, 2.24) is 4.90 Å². The molecule has 0 spiro atoms. The van der Waals surface area contributed by atoms with E-state index in [1.54, 1.807) is 0 Å². The highest BCUT2D eigenvalue weighted by atomic mass is 16.5. The number of esters is 1. The van der Waals surface area contributed by atoms with E-state index in [0.717, 1.165) is 5.56 Å². The van der Waals surface area contributed by atoms with Crippen LogP contribution < -0.4 is 0 Å². The molecule has 3 heteroatoms. The van der Waals surface area contributed by atoms with Gasteiger partial charge in [0.25, 0.3) is 0 Å². The topological polar surface area (TPSA) is 29.5 Å². The predicted octanol–water partition coefficient (Wildman–Crippen LogP) is 1.60. The summed E-state index contributed by atoms with van der Waals surface area (Å²) in [5.41, 5.74) is 1.06. The zero-order chi connectivity index (χ0) is 10.8. The van der Waals surface area contributed by atoms with Crippen molar-refractivity contribution in [2.45, 2.75) is 19.1 Å². The second-order valence-electron chi connectivity index (χ2n) is 3.98. The first-order valence-corrected chi connectivity index (χ1v) is 5.13. The summed E-state index contributed by atoms with van der Waals surface area (Å²) in [4.78, 5) is 13.4. The fraction of sp³-hybridized carbons (Fsp3) is 0.417. The van der Waals surface area contributed by atoms with Gasteiger partial charge in [-0.3, -0.25) is 9.69 Å². The molecule has 3 nitrogen and oxygen atoms in total. The van der Waals surface area contributed by atoms with Crippen molar-refractivity contribution in [1.29, 1.82) is 0 Å². The number of hydrogen-bond acceptors (Lipinski definition) is 3. The van der Waals surface area contributed by atoms with Crippen LogP contribution in [0.5, 0.6) is 0 Å². The molecule has 1 aromatic rings. The molecule has 1 heterocycles. The van der Waals surface area contributed by atoms with Crippen LogP contribution in [0.1, 0.15) is 18.6 Å². The van der Waals surface area contributed by atoms with Crippen LogP contribution >= 0.6 is 0 Å². The zero-order valence-electron chi connectivity index (χ0n) is 9.01.